The van der Waals surface area contributed by atoms with Crippen molar-refractivity contribution in [3.63, 3.8) is 0 Å². The molecule has 1 nitrogen and oxygen atoms in total. The van der Waals surface area contributed by atoms with Crippen LogP contribution in [0.4, 0.5) is 0 Å². The Hall–Kier alpha value is -4.12. The normalized spacial score (nSPS) is 13.1. The van der Waals surface area contributed by atoms with Crippen LogP contribution in [0.1, 0.15) is 40.7 Å². The third kappa shape index (κ3) is 4.82. The van der Waals surface area contributed by atoms with Gasteiger partial charge in [-0.1, -0.05) is 115 Å². The molecule has 0 saturated carbocycles. The molecule has 0 heterocycles. The van der Waals surface area contributed by atoms with Gasteiger partial charge in [0.25, 0.3) is 0 Å². The average Bonchev–Trinajstić information content (AvgIpc) is 3.25. The molecule has 0 spiro atoms. The van der Waals surface area contributed by atoms with E-state index in [1.165, 1.54) is 0 Å². The lowest BCUT2D eigenvalue weighted by Gasteiger charge is -2.14. The minimum absolute atomic E-state index is 0.0474. The number of ketones is 1. The Morgan fingerprint density at radius 3 is 1.39 bits per heavy atom. The third-order valence-electron chi connectivity index (χ3n) is 6.23. The number of carbonyl (C=O) groups is 1. The number of hydrogen-bond donors (Lipinski definition) is 0. The van der Waals surface area contributed by atoms with E-state index in [-0.39, 0.29) is 5.78 Å². The van der Waals surface area contributed by atoms with Crippen LogP contribution in [0.5, 0.6) is 0 Å². The van der Waals surface area contributed by atoms with Crippen molar-refractivity contribution in [1.82, 2.24) is 0 Å². The van der Waals surface area contributed by atoms with Gasteiger partial charge in [-0.3, -0.25) is 4.79 Å². The largest absolute Gasteiger partial charge is 0.289 e. The zero-order chi connectivity index (χ0) is 24.7. The fraction of sp³-hybridized carbons (Fsp3) is 0.0882. The van der Waals surface area contributed by atoms with Crippen molar-refractivity contribution in [2.75, 3.05) is 5.88 Å². The monoisotopic (exact) mass is 484 g/mol. The van der Waals surface area contributed by atoms with Gasteiger partial charge in [0.1, 0.15) is 0 Å². The fourth-order valence-electron chi connectivity index (χ4n) is 4.58. The summed E-state index contributed by atoms with van der Waals surface area (Å²) in [6, 6.07) is 38.4. The minimum Gasteiger partial charge on any atom is -0.289 e. The third-order valence-corrected chi connectivity index (χ3v) is 6.50. The second kappa shape index (κ2) is 11.1. The Kier molecular flexibility index (Phi) is 7.27. The van der Waals surface area contributed by atoms with Crippen LogP contribution in [-0.2, 0) is 4.79 Å². The number of Topliss-reactive ketones (excluding diaryl/α,β-unsaturated/α-hetero) is 1. The molecule has 2 heteroatoms. The summed E-state index contributed by atoms with van der Waals surface area (Å²) in [4.78, 5) is 14.2. The lowest BCUT2D eigenvalue weighted by atomic mass is 9.89. The Balaban J connectivity index is 1.73. The van der Waals surface area contributed by atoms with E-state index < -0.39 is 0 Å². The van der Waals surface area contributed by atoms with Crippen LogP contribution in [0.15, 0.2) is 115 Å². The van der Waals surface area contributed by atoms with Gasteiger partial charge in [0.2, 0.25) is 0 Å². The van der Waals surface area contributed by atoms with Crippen molar-refractivity contribution in [3.8, 4) is 11.8 Å². The van der Waals surface area contributed by atoms with Gasteiger partial charge in [-0.25, -0.2) is 0 Å². The summed E-state index contributed by atoms with van der Waals surface area (Å²) in [5, 5.41) is 0. The maximum atomic E-state index is 14.2. The second-order valence-electron chi connectivity index (χ2n) is 8.60. The second-order valence-corrected chi connectivity index (χ2v) is 8.98. The van der Waals surface area contributed by atoms with Gasteiger partial charge >= 0.3 is 0 Å². The molecule has 5 rings (SSSR count). The van der Waals surface area contributed by atoms with Crippen LogP contribution in [0.3, 0.4) is 0 Å². The van der Waals surface area contributed by atoms with Gasteiger partial charge in [-0.2, -0.15) is 0 Å². The molecule has 0 aliphatic heterocycles. The summed E-state index contributed by atoms with van der Waals surface area (Å²) in [7, 11) is 0. The number of carbonyl (C=O) groups excluding carboxylic acids is 1. The summed E-state index contributed by atoms with van der Waals surface area (Å²) in [5.74, 6) is 7.08. The zero-order valence-corrected chi connectivity index (χ0v) is 20.6. The van der Waals surface area contributed by atoms with Gasteiger partial charge in [0.15, 0.2) is 5.78 Å². The van der Waals surface area contributed by atoms with Crippen molar-refractivity contribution in [1.29, 1.82) is 0 Å². The summed E-state index contributed by atoms with van der Waals surface area (Å²) < 4.78 is 0. The van der Waals surface area contributed by atoms with E-state index in [2.05, 4.69) is 36.1 Å². The predicted molar refractivity (Wildman–Crippen MR) is 151 cm³/mol. The summed E-state index contributed by atoms with van der Waals surface area (Å²) in [5.41, 5.74) is 8.20. The molecule has 36 heavy (non-hydrogen) atoms. The molecule has 0 bridgehead atoms. The molecule has 0 fully saturated rings. The number of unbranched alkanes of at least 4 members (excludes halogenated alkanes) is 1. The van der Waals surface area contributed by atoms with Crippen LogP contribution < -0.4 is 0 Å². The van der Waals surface area contributed by atoms with Crippen LogP contribution in [0.25, 0.3) is 22.3 Å². The molecule has 4 aromatic carbocycles. The van der Waals surface area contributed by atoms with Crippen molar-refractivity contribution in [2.45, 2.75) is 12.8 Å². The minimum atomic E-state index is 0.0474. The topological polar surface area (TPSA) is 17.1 Å². The van der Waals surface area contributed by atoms with E-state index in [0.717, 1.165) is 63.0 Å². The molecule has 1 aliphatic rings. The summed E-state index contributed by atoms with van der Waals surface area (Å²) in [6.07, 6.45) is 1.67. The first-order chi connectivity index (χ1) is 17.8. The molecule has 0 amide bonds. The Labute approximate surface area is 217 Å². The highest BCUT2D eigenvalue weighted by molar-refractivity contribution is 6.59. The summed E-state index contributed by atoms with van der Waals surface area (Å²) in [6.45, 7) is 0. The highest BCUT2D eigenvalue weighted by atomic mass is 35.5. The first kappa shape index (κ1) is 23.6. The lowest BCUT2D eigenvalue weighted by molar-refractivity contribution is -0.108. The molecule has 0 aromatic heterocycles. The van der Waals surface area contributed by atoms with Gasteiger partial charge in [0, 0.05) is 40.2 Å². The Bertz CT molecular complexity index is 1480. The van der Waals surface area contributed by atoms with Crippen molar-refractivity contribution in [3.05, 3.63) is 143 Å². The predicted octanol–water partition coefficient (Wildman–Crippen LogP) is 8.16. The number of rotatable bonds is 6. The molecule has 1 aliphatic carbocycles. The Morgan fingerprint density at radius 2 is 0.944 bits per heavy atom. The molecule has 0 radical (unpaired) electrons. The van der Waals surface area contributed by atoms with Crippen molar-refractivity contribution >= 4 is 39.7 Å². The van der Waals surface area contributed by atoms with E-state index in [1.54, 1.807) is 0 Å². The van der Waals surface area contributed by atoms with Gasteiger partial charge in [-0.05, 0) is 40.8 Å². The Morgan fingerprint density at radius 1 is 0.528 bits per heavy atom. The van der Waals surface area contributed by atoms with Gasteiger partial charge < -0.3 is 0 Å². The van der Waals surface area contributed by atoms with Crippen LogP contribution >= 0.6 is 11.6 Å². The highest BCUT2D eigenvalue weighted by Crippen LogP contribution is 2.49. The number of benzene rings is 4. The number of halogens is 1. The highest BCUT2D eigenvalue weighted by Gasteiger charge is 2.35. The zero-order valence-electron chi connectivity index (χ0n) is 19.9. The van der Waals surface area contributed by atoms with Crippen LogP contribution in [0.2, 0.25) is 0 Å². The molecule has 174 valence electrons. The van der Waals surface area contributed by atoms with E-state index in [4.69, 9.17) is 11.6 Å². The molecular formula is C34H25ClO. The van der Waals surface area contributed by atoms with Crippen LogP contribution in [0, 0.1) is 11.8 Å². The van der Waals surface area contributed by atoms with Crippen LogP contribution in [-0.4, -0.2) is 11.7 Å². The number of allylic oxidation sites excluding steroid dienone is 4. The molecular weight excluding hydrogens is 460 g/mol. The number of hydrogen-bond acceptors (Lipinski definition) is 1. The quantitative estimate of drug-likeness (QED) is 0.153. The molecule has 4 aromatic rings. The smallest absolute Gasteiger partial charge is 0.195 e. The molecule has 0 saturated heterocycles. The van der Waals surface area contributed by atoms with E-state index in [0.29, 0.717) is 5.88 Å². The van der Waals surface area contributed by atoms with Gasteiger partial charge in [-0.15, -0.1) is 11.6 Å². The SMILES string of the molecule is O=C1C(c2ccccc2)=C(c2ccccc2)C(c2ccc(C#CCCCCl)cc2)=C1c1ccccc1. The number of alkyl halides is 1. The fourth-order valence-corrected chi connectivity index (χ4v) is 4.72. The maximum Gasteiger partial charge on any atom is 0.195 e. The standard InChI is InChI=1S/C34H25ClO/c35-24-12-4-5-13-25-20-22-29(23-21-25)31-30(26-14-6-1-7-15-26)32(27-16-8-2-9-17-27)34(36)33(31)28-18-10-3-11-19-28/h1-3,6-11,14-23H,4,12,24H2. The lowest BCUT2D eigenvalue weighted by Crippen LogP contribution is -2.01. The maximum absolute atomic E-state index is 14.2. The van der Waals surface area contributed by atoms with Gasteiger partial charge in [0.05, 0.1) is 0 Å². The van der Waals surface area contributed by atoms with E-state index in [9.17, 15) is 4.79 Å². The molecule has 0 N–H and O–H groups in total. The van der Waals surface area contributed by atoms with E-state index in [1.807, 2.05) is 91.0 Å². The van der Waals surface area contributed by atoms with E-state index >= 15 is 0 Å². The average molecular weight is 485 g/mol. The van der Waals surface area contributed by atoms with Crippen molar-refractivity contribution in [2.24, 2.45) is 0 Å². The molecule has 0 atom stereocenters. The first-order valence-electron chi connectivity index (χ1n) is 12.1. The van der Waals surface area contributed by atoms with Crippen molar-refractivity contribution < 1.29 is 4.79 Å². The first-order valence-corrected chi connectivity index (χ1v) is 12.7. The molecule has 0 unspecified atom stereocenters. The summed E-state index contributed by atoms with van der Waals surface area (Å²) >= 11 is 5.77.